The number of hydrogen-bond donors (Lipinski definition) is 2. The molecule has 1 unspecified atom stereocenters. The molecule has 6 rings (SSSR count). The van der Waals surface area contributed by atoms with Gasteiger partial charge in [-0.15, -0.1) is 11.3 Å². The highest BCUT2D eigenvalue weighted by Gasteiger charge is 2.35. The molecular formula is C24H25N3O2S. The number of fused-ring (bicyclic) bond motifs is 4. The first-order chi connectivity index (χ1) is 14.6. The first-order valence-corrected chi connectivity index (χ1v) is 11.3. The molecule has 0 aliphatic carbocycles. The van der Waals surface area contributed by atoms with Crippen LogP contribution in [0.25, 0.3) is 21.2 Å². The number of thiophene rings is 1. The van der Waals surface area contributed by atoms with E-state index in [2.05, 4.69) is 27.7 Å². The normalized spacial score (nSPS) is 22.8. The summed E-state index contributed by atoms with van der Waals surface area (Å²) in [7, 11) is 0. The van der Waals surface area contributed by atoms with Crippen molar-refractivity contribution < 1.29 is 9.59 Å². The Morgan fingerprint density at radius 2 is 1.87 bits per heavy atom. The van der Waals surface area contributed by atoms with E-state index in [1.165, 1.54) is 32.9 Å². The zero-order valence-corrected chi connectivity index (χ0v) is 17.8. The van der Waals surface area contributed by atoms with Gasteiger partial charge < -0.3 is 15.5 Å². The van der Waals surface area contributed by atoms with Gasteiger partial charge in [0.25, 0.3) is 5.91 Å². The van der Waals surface area contributed by atoms with E-state index in [4.69, 9.17) is 0 Å². The lowest BCUT2D eigenvalue weighted by Gasteiger charge is -2.44. The van der Waals surface area contributed by atoms with Gasteiger partial charge in [-0.05, 0) is 66.6 Å². The lowest BCUT2D eigenvalue weighted by Crippen LogP contribution is -2.57. The summed E-state index contributed by atoms with van der Waals surface area (Å²) in [5.74, 6) is 0.557. The van der Waals surface area contributed by atoms with Crippen LogP contribution in [0.2, 0.25) is 0 Å². The topological polar surface area (TPSA) is 61.4 Å². The molecule has 0 radical (unpaired) electrons. The van der Waals surface area contributed by atoms with Crippen LogP contribution in [-0.4, -0.2) is 42.4 Å². The minimum absolute atomic E-state index is 0.0351. The number of benzene rings is 2. The number of rotatable bonds is 4. The number of nitrogens with one attached hydrogen (secondary N) is 2. The second-order valence-corrected chi connectivity index (χ2v) is 9.37. The number of anilines is 1. The zero-order chi connectivity index (χ0) is 20.7. The SMILES string of the molecule is CC(=O)Nc1cccc(-c2cccc3cc(C(=O)NC4CN5CCC4CC5)sc23)c1. The summed E-state index contributed by atoms with van der Waals surface area (Å²) in [6.45, 7) is 4.82. The standard InChI is InChI=1S/C24H25N3O2S/c1-15(28)25-19-6-2-4-17(12-19)20-7-3-5-18-13-22(30-23(18)20)24(29)26-21-14-27-10-8-16(21)9-11-27/h2-7,12-13,16,21H,8-11,14H2,1H3,(H,25,28)(H,26,29). The molecule has 5 nitrogen and oxygen atoms in total. The summed E-state index contributed by atoms with van der Waals surface area (Å²) in [5, 5.41) is 7.21. The molecule has 1 atom stereocenters. The van der Waals surface area contributed by atoms with Crippen LogP contribution in [0.5, 0.6) is 0 Å². The Bertz CT molecular complexity index is 1110. The van der Waals surface area contributed by atoms with Crippen LogP contribution in [0.15, 0.2) is 48.5 Å². The number of piperidine rings is 3. The van der Waals surface area contributed by atoms with Crippen molar-refractivity contribution in [1.82, 2.24) is 10.2 Å². The predicted octanol–water partition coefficient (Wildman–Crippen LogP) is 4.35. The van der Waals surface area contributed by atoms with E-state index >= 15 is 0 Å². The molecule has 0 spiro atoms. The van der Waals surface area contributed by atoms with Gasteiger partial charge in [-0.2, -0.15) is 0 Å². The van der Waals surface area contributed by atoms with E-state index in [0.29, 0.717) is 5.92 Å². The second kappa shape index (κ2) is 7.85. The van der Waals surface area contributed by atoms with Crippen LogP contribution >= 0.6 is 11.3 Å². The van der Waals surface area contributed by atoms with Crippen LogP contribution in [0.4, 0.5) is 5.69 Å². The summed E-state index contributed by atoms with van der Waals surface area (Å²) >= 11 is 1.54. The maximum Gasteiger partial charge on any atom is 0.261 e. The molecule has 0 saturated carbocycles. The first-order valence-electron chi connectivity index (χ1n) is 10.5. The molecule has 3 aromatic rings. The molecule has 2 N–H and O–H groups in total. The van der Waals surface area contributed by atoms with E-state index in [1.807, 2.05) is 36.4 Å². The monoisotopic (exact) mass is 419 g/mol. The molecule has 3 aliphatic heterocycles. The van der Waals surface area contributed by atoms with Gasteiger partial charge in [-0.1, -0.05) is 30.3 Å². The maximum absolute atomic E-state index is 13.0. The van der Waals surface area contributed by atoms with Gasteiger partial charge in [0.15, 0.2) is 0 Å². The molecule has 1 aromatic heterocycles. The minimum Gasteiger partial charge on any atom is -0.347 e. The summed E-state index contributed by atoms with van der Waals surface area (Å²) in [6, 6.07) is 16.2. The van der Waals surface area contributed by atoms with Gasteiger partial charge in [-0.3, -0.25) is 9.59 Å². The summed E-state index contributed by atoms with van der Waals surface area (Å²) < 4.78 is 1.09. The predicted molar refractivity (Wildman–Crippen MR) is 122 cm³/mol. The van der Waals surface area contributed by atoms with Crippen LogP contribution < -0.4 is 10.6 Å². The number of nitrogens with zero attached hydrogens (tertiary/aromatic N) is 1. The average Bonchev–Trinajstić information content (AvgIpc) is 3.19. The van der Waals surface area contributed by atoms with Crippen LogP contribution in [0, 0.1) is 5.92 Å². The van der Waals surface area contributed by atoms with Crippen molar-refractivity contribution >= 4 is 38.9 Å². The fraction of sp³-hybridized carbons (Fsp3) is 0.333. The summed E-state index contributed by atoms with van der Waals surface area (Å²) in [6.07, 6.45) is 2.37. The molecular weight excluding hydrogens is 394 g/mol. The number of carbonyl (C=O) groups is 2. The van der Waals surface area contributed by atoms with E-state index in [-0.39, 0.29) is 17.9 Å². The number of amides is 2. The molecule has 3 aliphatic rings. The number of hydrogen-bond acceptors (Lipinski definition) is 4. The smallest absolute Gasteiger partial charge is 0.261 e. The summed E-state index contributed by atoms with van der Waals surface area (Å²) in [5.41, 5.74) is 2.87. The molecule has 4 heterocycles. The zero-order valence-electron chi connectivity index (χ0n) is 17.0. The number of carbonyl (C=O) groups excluding carboxylic acids is 2. The van der Waals surface area contributed by atoms with E-state index in [9.17, 15) is 9.59 Å². The van der Waals surface area contributed by atoms with Gasteiger partial charge in [0.2, 0.25) is 5.91 Å². The van der Waals surface area contributed by atoms with Gasteiger partial charge >= 0.3 is 0 Å². The Balaban J connectivity index is 1.42. The minimum atomic E-state index is -0.0896. The Morgan fingerprint density at radius 1 is 1.07 bits per heavy atom. The van der Waals surface area contributed by atoms with Gasteiger partial charge in [0.1, 0.15) is 0 Å². The largest absolute Gasteiger partial charge is 0.347 e. The van der Waals surface area contributed by atoms with Crippen LogP contribution in [0.3, 0.4) is 0 Å². The second-order valence-electron chi connectivity index (χ2n) is 8.31. The molecule has 2 amide bonds. The average molecular weight is 420 g/mol. The van der Waals surface area contributed by atoms with E-state index in [0.717, 1.165) is 38.3 Å². The third-order valence-corrected chi connectivity index (χ3v) is 7.42. The lowest BCUT2D eigenvalue weighted by atomic mass is 9.84. The van der Waals surface area contributed by atoms with Crippen LogP contribution in [-0.2, 0) is 4.79 Å². The van der Waals surface area contributed by atoms with Crippen LogP contribution in [0.1, 0.15) is 29.4 Å². The third-order valence-electron chi connectivity index (χ3n) is 6.23. The van der Waals surface area contributed by atoms with Gasteiger partial charge in [0.05, 0.1) is 4.88 Å². The molecule has 3 saturated heterocycles. The van der Waals surface area contributed by atoms with Crippen molar-refractivity contribution in [3.05, 3.63) is 53.4 Å². The highest BCUT2D eigenvalue weighted by Crippen LogP contribution is 2.36. The highest BCUT2D eigenvalue weighted by atomic mass is 32.1. The molecule has 154 valence electrons. The quantitative estimate of drug-likeness (QED) is 0.661. The van der Waals surface area contributed by atoms with Crippen molar-refractivity contribution in [1.29, 1.82) is 0 Å². The Morgan fingerprint density at radius 3 is 2.60 bits per heavy atom. The molecule has 2 bridgehead atoms. The van der Waals surface area contributed by atoms with Crippen molar-refractivity contribution in [2.24, 2.45) is 5.92 Å². The fourth-order valence-electron chi connectivity index (χ4n) is 4.74. The van der Waals surface area contributed by atoms with Crippen molar-refractivity contribution in [2.45, 2.75) is 25.8 Å². The molecule has 6 heteroatoms. The van der Waals surface area contributed by atoms with Gasteiger partial charge in [-0.25, -0.2) is 0 Å². The first kappa shape index (κ1) is 19.3. The molecule has 3 fully saturated rings. The lowest BCUT2D eigenvalue weighted by molar-refractivity contribution is -0.114. The highest BCUT2D eigenvalue weighted by molar-refractivity contribution is 7.21. The third kappa shape index (κ3) is 3.73. The van der Waals surface area contributed by atoms with Crippen molar-refractivity contribution in [2.75, 3.05) is 25.0 Å². The van der Waals surface area contributed by atoms with Crippen molar-refractivity contribution in [3.8, 4) is 11.1 Å². The van der Waals surface area contributed by atoms with E-state index in [1.54, 1.807) is 11.3 Å². The fourth-order valence-corrected chi connectivity index (χ4v) is 5.84. The molecule has 2 aromatic carbocycles. The van der Waals surface area contributed by atoms with Crippen molar-refractivity contribution in [3.63, 3.8) is 0 Å². The Kier molecular flexibility index (Phi) is 5.05. The van der Waals surface area contributed by atoms with E-state index < -0.39 is 0 Å². The Labute approximate surface area is 180 Å². The summed E-state index contributed by atoms with van der Waals surface area (Å²) in [4.78, 5) is 27.6. The molecule has 30 heavy (non-hydrogen) atoms. The van der Waals surface area contributed by atoms with Gasteiger partial charge in [0, 0.05) is 29.9 Å². The maximum atomic E-state index is 13.0. The Hall–Kier alpha value is -2.70.